The van der Waals surface area contributed by atoms with E-state index in [2.05, 4.69) is 34.4 Å². The topological polar surface area (TPSA) is 46.0 Å². The smallest absolute Gasteiger partial charge is 0.0964 e. The van der Waals surface area contributed by atoms with Crippen molar-refractivity contribution < 1.29 is 0 Å². The highest BCUT2D eigenvalue weighted by Crippen LogP contribution is 2.26. The number of aromatic nitrogens is 3. The van der Waals surface area contributed by atoms with E-state index in [0.29, 0.717) is 0 Å². The summed E-state index contributed by atoms with van der Waals surface area (Å²) in [4.78, 5) is 2.53. The van der Waals surface area contributed by atoms with E-state index in [0.717, 1.165) is 44.5 Å². The summed E-state index contributed by atoms with van der Waals surface area (Å²) < 4.78 is 1.96. The van der Waals surface area contributed by atoms with E-state index < -0.39 is 0 Å². The second kappa shape index (κ2) is 6.12. The normalized spacial score (nSPS) is 15.7. The lowest BCUT2D eigenvalue weighted by Crippen LogP contribution is -2.29. The summed E-state index contributed by atoms with van der Waals surface area (Å²) in [6, 6.07) is 0.838. The van der Waals surface area contributed by atoms with Crippen LogP contribution in [0.1, 0.15) is 32.4 Å². The summed E-state index contributed by atoms with van der Waals surface area (Å²) in [5, 5.41) is 11.6. The zero-order chi connectivity index (χ0) is 12.1. The van der Waals surface area contributed by atoms with Gasteiger partial charge in [-0.05, 0) is 25.9 Å². The van der Waals surface area contributed by atoms with E-state index in [4.69, 9.17) is 0 Å². The number of likely N-dealkylation sites (N-methyl/N-ethyl adjacent to an activating group) is 1. The molecule has 1 fully saturated rings. The molecule has 0 spiro atoms. The Balaban J connectivity index is 1.75. The van der Waals surface area contributed by atoms with Gasteiger partial charge in [-0.1, -0.05) is 19.1 Å². The molecule has 1 saturated carbocycles. The summed E-state index contributed by atoms with van der Waals surface area (Å²) >= 11 is 0. The van der Waals surface area contributed by atoms with Gasteiger partial charge in [0.05, 0.1) is 12.2 Å². The first kappa shape index (κ1) is 12.5. The summed E-state index contributed by atoms with van der Waals surface area (Å²) in [5.74, 6) is 0. The lowest BCUT2D eigenvalue weighted by Gasteiger charge is -2.19. The molecule has 5 nitrogen and oxygen atoms in total. The summed E-state index contributed by atoms with van der Waals surface area (Å²) in [6.07, 6.45) is 4.79. The molecule has 0 saturated heterocycles. The Labute approximate surface area is 103 Å². The lowest BCUT2D eigenvalue weighted by molar-refractivity contribution is 0.260. The highest BCUT2D eigenvalue weighted by Gasteiger charge is 2.27. The monoisotopic (exact) mass is 237 g/mol. The SMILES string of the molecule is CCNCc1cn(CCN(CC)C2CC2)nn1. The van der Waals surface area contributed by atoms with Crippen LogP contribution in [0.2, 0.25) is 0 Å². The van der Waals surface area contributed by atoms with Crippen LogP contribution in [0.5, 0.6) is 0 Å². The van der Waals surface area contributed by atoms with Crippen molar-refractivity contribution in [1.29, 1.82) is 0 Å². The Kier molecular flexibility index (Phi) is 4.50. The maximum absolute atomic E-state index is 4.16. The van der Waals surface area contributed by atoms with E-state index in [1.807, 2.05) is 10.9 Å². The van der Waals surface area contributed by atoms with E-state index in [9.17, 15) is 0 Å². The minimum absolute atomic E-state index is 0.816. The molecule has 0 bridgehead atoms. The van der Waals surface area contributed by atoms with Crippen LogP contribution in [0.15, 0.2) is 6.20 Å². The highest BCUT2D eigenvalue weighted by molar-refractivity contribution is 4.91. The molecule has 1 heterocycles. The van der Waals surface area contributed by atoms with E-state index in [1.54, 1.807) is 0 Å². The van der Waals surface area contributed by atoms with Crippen LogP contribution in [0.4, 0.5) is 0 Å². The van der Waals surface area contributed by atoms with Crippen molar-refractivity contribution in [2.24, 2.45) is 0 Å². The van der Waals surface area contributed by atoms with Crippen molar-refractivity contribution in [1.82, 2.24) is 25.2 Å². The molecule has 1 aromatic rings. The second-order valence-electron chi connectivity index (χ2n) is 4.61. The third-order valence-corrected chi connectivity index (χ3v) is 3.23. The van der Waals surface area contributed by atoms with Crippen molar-refractivity contribution in [3.8, 4) is 0 Å². The van der Waals surface area contributed by atoms with Crippen LogP contribution in [0.25, 0.3) is 0 Å². The maximum Gasteiger partial charge on any atom is 0.0964 e. The Bertz CT molecular complexity index is 331. The van der Waals surface area contributed by atoms with Crippen molar-refractivity contribution in [2.75, 3.05) is 19.6 Å². The standard InChI is InChI=1S/C12H23N5/c1-3-13-9-11-10-17(15-14-11)8-7-16(4-2)12-5-6-12/h10,12-13H,3-9H2,1-2H3. The predicted molar refractivity (Wildman–Crippen MR) is 67.7 cm³/mol. The van der Waals surface area contributed by atoms with Gasteiger partial charge in [0.1, 0.15) is 0 Å². The van der Waals surface area contributed by atoms with Crippen molar-refractivity contribution in [3.05, 3.63) is 11.9 Å². The molecule has 0 atom stereocenters. The van der Waals surface area contributed by atoms with Crippen molar-refractivity contribution in [2.45, 2.75) is 45.8 Å². The fourth-order valence-corrected chi connectivity index (χ4v) is 2.05. The van der Waals surface area contributed by atoms with Crippen LogP contribution in [0.3, 0.4) is 0 Å². The Morgan fingerprint density at radius 3 is 2.94 bits per heavy atom. The molecule has 2 rings (SSSR count). The quantitative estimate of drug-likeness (QED) is 0.729. The average molecular weight is 237 g/mol. The van der Waals surface area contributed by atoms with Gasteiger partial charge in [-0.2, -0.15) is 0 Å². The van der Waals surface area contributed by atoms with Gasteiger partial charge in [0, 0.05) is 25.3 Å². The number of hydrogen-bond acceptors (Lipinski definition) is 4. The van der Waals surface area contributed by atoms with Gasteiger partial charge in [-0.25, -0.2) is 0 Å². The van der Waals surface area contributed by atoms with E-state index >= 15 is 0 Å². The predicted octanol–water partition coefficient (Wildman–Crippen LogP) is 0.872. The van der Waals surface area contributed by atoms with Gasteiger partial charge in [-0.3, -0.25) is 9.58 Å². The molecule has 0 aromatic carbocycles. The van der Waals surface area contributed by atoms with Crippen LogP contribution in [0, 0.1) is 0 Å². The zero-order valence-electron chi connectivity index (χ0n) is 10.9. The number of nitrogens with zero attached hydrogens (tertiary/aromatic N) is 4. The van der Waals surface area contributed by atoms with Crippen LogP contribution in [-0.2, 0) is 13.1 Å². The van der Waals surface area contributed by atoms with Gasteiger partial charge in [0.15, 0.2) is 0 Å². The molecule has 0 unspecified atom stereocenters. The number of nitrogens with one attached hydrogen (secondary N) is 1. The van der Waals surface area contributed by atoms with Crippen molar-refractivity contribution >= 4 is 0 Å². The highest BCUT2D eigenvalue weighted by atomic mass is 15.4. The fraction of sp³-hybridized carbons (Fsp3) is 0.833. The van der Waals surface area contributed by atoms with Gasteiger partial charge < -0.3 is 5.32 Å². The van der Waals surface area contributed by atoms with Crippen LogP contribution in [-0.4, -0.2) is 45.6 Å². The molecule has 1 aromatic heterocycles. The molecule has 0 radical (unpaired) electrons. The molecule has 0 amide bonds. The lowest BCUT2D eigenvalue weighted by atomic mass is 10.4. The third-order valence-electron chi connectivity index (χ3n) is 3.23. The third kappa shape index (κ3) is 3.78. The molecular formula is C12H23N5. The molecule has 5 heteroatoms. The molecule has 1 aliphatic carbocycles. The fourth-order valence-electron chi connectivity index (χ4n) is 2.05. The van der Waals surface area contributed by atoms with Gasteiger partial charge in [-0.15, -0.1) is 5.10 Å². The zero-order valence-corrected chi connectivity index (χ0v) is 10.9. The average Bonchev–Trinajstić information content (AvgIpc) is 3.08. The maximum atomic E-state index is 4.16. The molecule has 1 aliphatic rings. The molecule has 1 N–H and O–H groups in total. The summed E-state index contributed by atoms with van der Waals surface area (Å²) in [5.41, 5.74) is 1.03. The molecular weight excluding hydrogens is 214 g/mol. The minimum Gasteiger partial charge on any atom is -0.311 e. The van der Waals surface area contributed by atoms with E-state index in [1.165, 1.54) is 12.8 Å². The first-order valence-corrected chi connectivity index (χ1v) is 6.67. The van der Waals surface area contributed by atoms with Gasteiger partial charge in [0.2, 0.25) is 0 Å². The van der Waals surface area contributed by atoms with Crippen LogP contribution < -0.4 is 5.32 Å². The summed E-state index contributed by atoms with van der Waals surface area (Å²) in [7, 11) is 0. The second-order valence-corrected chi connectivity index (χ2v) is 4.61. The number of rotatable bonds is 8. The Hall–Kier alpha value is -0.940. The summed E-state index contributed by atoms with van der Waals surface area (Å²) in [6.45, 7) is 9.29. The van der Waals surface area contributed by atoms with Gasteiger partial charge >= 0.3 is 0 Å². The molecule has 17 heavy (non-hydrogen) atoms. The Morgan fingerprint density at radius 2 is 2.29 bits per heavy atom. The minimum atomic E-state index is 0.816. The first-order chi connectivity index (χ1) is 8.33. The first-order valence-electron chi connectivity index (χ1n) is 6.67. The van der Waals surface area contributed by atoms with Crippen molar-refractivity contribution in [3.63, 3.8) is 0 Å². The Morgan fingerprint density at radius 1 is 1.47 bits per heavy atom. The van der Waals surface area contributed by atoms with Gasteiger partial charge in [0.25, 0.3) is 0 Å². The molecule has 0 aliphatic heterocycles. The number of hydrogen-bond donors (Lipinski definition) is 1. The van der Waals surface area contributed by atoms with Crippen LogP contribution >= 0.6 is 0 Å². The molecule has 96 valence electrons. The van der Waals surface area contributed by atoms with E-state index in [-0.39, 0.29) is 0 Å². The largest absolute Gasteiger partial charge is 0.311 e.